The summed E-state index contributed by atoms with van der Waals surface area (Å²) < 4.78 is 5.64. The first-order valence-corrected chi connectivity index (χ1v) is 13.0. The monoisotopic (exact) mass is 513 g/mol. The van der Waals surface area contributed by atoms with E-state index < -0.39 is 10.5 Å². The number of hydrogen-bond acceptors (Lipinski definition) is 8. The number of amides is 2. The maximum absolute atomic E-state index is 12.6. The molecular weight excluding hydrogens is 478 g/mol. The summed E-state index contributed by atoms with van der Waals surface area (Å²) in [5, 5.41) is 4.71. The predicted octanol–water partition coefficient (Wildman–Crippen LogP) is 3.76. The maximum Gasteiger partial charge on any atom is 0.286 e. The van der Waals surface area contributed by atoms with E-state index in [2.05, 4.69) is 20.6 Å². The van der Waals surface area contributed by atoms with Crippen molar-refractivity contribution in [1.29, 1.82) is 0 Å². The zero-order valence-corrected chi connectivity index (χ0v) is 22.2. The molecular formula is C26H35N5O4S. The summed E-state index contributed by atoms with van der Waals surface area (Å²) in [6.45, 7) is 6.75. The van der Waals surface area contributed by atoms with Gasteiger partial charge in [0.1, 0.15) is 12.1 Å². The Morgan fingerprint density at radius 3 is 2.64 bits per heavy atom. The lowest BCUT2D eigenvalue weighted by Crippen LogP contribution is -2.45. The minimum absolute atomic E-state index is 0.111. The number of nitrogens with zero attached hydrogens (tertiary/aromatic N) is 3. The van der Waals surface area contributed by atoms with Crippen molar-refractivity contribution >= 4 is 41.0 Å². The Bertz CT molecular complexity index is 1060. The summed E-state index contributed by atoms with van der Waals surface area (Å²) >= 11 is 0.895. The number of carbonyl (C=O) groups excluding carboxylic acids is 3. The number of aryl methyl sites for hydroxylation is 1. The first-order valence-electron chi connectivity index (χ1n) is 12.1. The standard InChI is InChI=1S/C26H35N5O4S/c1-26(2,3)30-22(33)15-31(4)23-20-11-8-12-21(20)27-24(28-23)29-25(34)36-19(16-32)13-14-35-17-18-9-6-5-7-10-18/h5-7,9-10,16,19H,8,11-15,17H2,1-4H3,(H,30,33)(H,27,28,29,34). The second kappa shape index (κ2) is 12.8. The number of aromatic nitrogens is 2. The van der Waals surface area contributed by atoms with Gasteiger partial charge in [-0.25, -0.2) is 4.98 Å². The van der Waals surface area contributed by atoms with Gasteiger partial charge in [0.25, 0.3) is 5.24 Å². The molecule has 1 aliphatic carbocycles. The molecule has 2 aromatic rings. The van der Waals surface area contributed by atoms with E-state index in [9.17, 15) is 14.4 Å². The van der Waals surface area contributed by atoms with Crippen molar-refractivity contribution < 1.29 is 19.1 Å². The van der Waals surface area contributed by atoms with Crippen molar-refractivity contribution in [3.63, 3.8) is 0 Å². The third kappa shape index (κ3) is 8.60. The number of anilines is 2. The van der Waals surface area contributed by atoms with Crippen LogP contribution in [-0.4, -0.2) is 58.4 Å². The summed E-state index contributed by atoms with van der Waals surface area (Å²) in [4.78, 5) is 47.5. The number of fused-ring (bicyclic) bond motifs is 1. The van der Waals surface area contributed by atoms with Crippen molar-refractivity contribution in [2.45, 2.75) is 63.9 Å². The molecule has 194 valence electrons. The summed E-state index contributed by atoms with van der Waals surface area (Å²) in [5.74, 6) is 0.708. The van der Waals surface area contributed by atoms with Crippen LogP contribution in [0.5, 0.6) is 0 Å². The quantitative estimate of drug-likeness (QED) is 0.345. The topological polar surface area (TPSA) is 114 Å². The summed E-state index contributed by atoms with van der Waals surface area (Å²) in [5.41, 5.74) is 2.61. The smallest absolute Gasteiger partial charge is 0.286 e. The molecule has 1 aromatic heterocycles. The van der Waals surface area contributed by atoms with E-state index in [0.717, 1.165) is 54.1 Å². The Morgan fingerprint density at radius 2 is 1.94 bits per heavy atom. The number of aldehydes is 1. The summed E-state index contributed by atoms with van der Waals surface area (Å²) in [6.07, 6.45) is 3.73. The van der Waals surface area contributed by atoms with Gasteiger partial charge >= 0.3 is 0 Å². The number of nitrogens with one attached hydrogen (secondary N) is 2. The van der Waals surface area contributed by atoms with E-state index in [0.29, 0.717) is 25.5 Å². The molecule has 36 heavy (non-hydrogen) atoms. The molecule has 0 radical (unpaired) electrons. The number of carbonyl (C=O) groups is 3. The Balaban J connectivity index is 1.57. The Hall–Kier alpha value is -2.98. The molecule has 0 saturated carbocycles. The molecule has 0 bridgehead atoms. The van der Waals surface area contributed by atoms with Crippen LogP contribution in [0.4, 0.5) is 16.6 Å². The highest BCUT2D eigenvalue weighted by molar-refractivity contribution is 8.14. The Morgan fingerprint density at radius 1 is 1.19 bits per heavy atom. The second-order valence-corrected chi connectivity index (χ2v) is 11.0. The minimum Gasteiger partial charge on any atom is -0.377 e. The Kier molecular flexibility index (Phi) is 9.83. The maximum atomic E-state index is 12.6. The molecule has 1 heterocycles. The fraction of sp³-hybridized carbons (Fsp3) is 0.500. The van der Waals surface area contributed by atoms with Crippen molar-refractivity contribution in [1.82, 2.24) is 15.3 Å². The van der Waals surface area contributed by atoms with E-state index in [4.69, 9.17) is 4.74 Å². The van der Waals surface area contributed by atoms with E-state index in [1.165, 1.54) is 0 Å². The highest BCUT2D eigenvalue weighted by atomic mass is 32.2. The molecule has 0 spiro atoms. The van der Waals surface area contributed by atoms with Crippen molar-refractivity contribution in [2.24, 2.45) is 0 Å². The van der Waals surface area contributed by atoms with Gasteiger partial charge in [-0.1, -0.05) is 42.1 Å². The molecule has 0 aliphatic heterocycles. The Labute approximate surface area is 216 Å². The molecule has 10 heteroatoms. The van der Waals surface area contributed by atoms with E-state index in [1.807, 2.05) is 51.1 Å². The van der Waals surface area contributed by atoms with Crippen LogP contribution >= 0.6 is 11.8 Å². The van der Waals surface area contributed by atoms with Crippen LogP contribution in [0.1, 0.15) is 50.4 Å². The average Bonchev–Trinajstić information content (AvgIpc) is 3.28. The van der Waals surface area contributed by atoms with Gasteiger partial charge in [-0.05, 0) is 52.0 Å². The number of likely N-dealkylation sites (N-methyl/N-ethyl adjacent to an activating group) is 1. The number of thioether (sulfide) groups is 1. The normalized spacial score (nSPS) is 13.6. The molecule has 2 amide bonds. The largest absolute Gasteiger partial charge is 0.377 e. The van der Waals surface area contributed by atoms with Gasteiger partial charge in [0.05, 0.1) is 24.1 Å². The minimum atomic E-state index is -0.543. The van der Waals surface area contributed by atoms with Gasteiger partial charge in [0.15, 0.2) is 0 Å². The molecule has 0 saturated heterocycles. The number of benzene rings is 1. The fourth-order valence-electron chi connectivity index (χ4n) is 3.91. The van der Waals surface area contributed by atoms with Gasteiger partial charge in [-0.2, -0.15) is 4.98 Å². The summed E-state index contributed by atoms with van der Waals surface area (Å²) in [7, 11) is 1.81. The molecule has 1 aromatic carbocycles. The van der Waals surface area contributed by atoms with Crippen molar-refractivity contribution in [2.75, 3.05) is 30.4 Å². The number of hydrogen-bond donors (Lipinski definition) is 2. The SMILES string of the molecule is CN(CC(=O)NC(C)(C)C)c1nc(NC(=O)SC(C=O)CCOCc2ccccc2)nc2c1CCC2. The third-order valence-corrected chi connectivity index (χ3v) is 6.42. The van der Waals surface area contributed by atoms with Gasteiger partial charge in [0.2, 0.25) is 11.9 Å². The molecule has 1 atom stereocenters. The van der Waals surface area contributed by atoms with Crippen LogP contribution in [0.2, 0.25) is 0 Å². The molecule has 0 fully saturated rings. The number of ether oxygens (including phenoxy) is 1. The van der Waals surface area contributed by atoms with Crippen LogP contribution in [0, 0.1) is 0 Å². The number of rotatable bonds is 11. The highest BCUT2D eigenvalue weighted by Crippen LogP contribution is 2.30. The van der Waals surface area contributed by atoms with Gasteiger partial charge in [0, 0.05) is 24.8 Å². The summed E-state index contributed by atoms with van der Waals surface area (Å²) in [6, 6.07) is 9.77. The second-order valence-electron chi connectivity index (χ2n) is 9.84. The fourth-order valence-corrected chi connectivity index (χ4v) is 4.60. The van der Waals surface area contributed by atoms with Crippen LogP contribution in [0.25, 0.3) is 0 Å². The first kappa shape index (κ1) is 27.6. The molecule has 1 aliphatic rings. The zero-order chi connectivity index (χ0) is 26.1. The van der Waals surface area contributed by atoms with Crippen LogP contribution < -0.4 is 15.5 Å². The van der Waals surface area contributed by atoms with Crippen LogP contribution in [-0.2, 0) is 33.8 Å². The molecule has 2 N–H and O–H groups in total. The lowest BCUT2D eigenvalue weighted by Gasteiger charge is -2.25. The molecule has 9 nitrogen and oxygen atoms in total. The third-order valence-electron chi connectivity index (χ3n) is 5.45. The van der Waals surface area contributed by atoms with Gasteiger partial charge in [-0.3, -0.25) is 14.9 Å². The molecule has 3 rings (SSSR count). The van der Waals surface area contributed by atoms with Gasteiger partial charge in [-0.15, -0.1) is 0 Å². The lowest BCUT2D eigenvalue weighted by molar-refractivity contribution is -0.121. The van der Waals surface area contributed by atoms with E-state index in [1.54, 1.807) is 11.9 Å². The lowest BCUT2D eigenvalue weighted by atomic mass is 10.1. The van der Waals surface area contributed by atoms with Gasteiger partial charge < -0.3 is 19.7 Å². The average molecular weight is 514 g/mol. The predicted molar refractivity (Wildman–Crippen MR) is 142 cm³/mol. The van der Waals surface area contributed by atoms with Crippen molar-refractivity contribution in [3.8, 4) is 0 Å². The van der Waals surface area contributed by atoms with Crippen molar-refractivity contribution in [3.05, 3.63) is 47.2 Å². The van der Waals surface area contributed by atoms with Crippen LogP contribution in [0.3, 0.4) is 0 Å². The van der Waals surface area contributed by atoms with Crippen LogP contribution in [0.15, 0.2) is 30.3 Å². The van der Waals surface area contributed by atoms with E-state index >= 15 is 0 Å². The highest BCUT2D eigenvalue weighted by Gasteiger charge is 2.24. The molecule has 1 unspecified atom stereocenters. The first-order chi connectivity index (χ1) is 17.1. The van der Waals surface area contributed by atoms with E-state index in [-0.39, 0.29) is 23.9 Å². The zero-order valence-electron chi connectivity index (χ0n) is 21.4.